The number of fused-ring (bicyclic) bond motifs is 3. The Morgan fingerprint density at radius 3 is 2.26 bits per heavy atom. The molecule has 0 radical (unpaired) electrons. The van der Waals surface area contributed by atoms with Gasteiger partial charge < -0.3 is 9.80 Å². The average Bonchev–Trinajstić information content (AvgIpc) is 3.17. The molecule has 156 valence electrons. The summed E-state index contributed by atoms with van der Waals surface area (Å²) in [6.45, 7) is 1.44. The molecular weight excluding hydrogens is 384 g/mol. The number of likely N-dealkylation sites (tertiary alicyclic amines) is 1. The van der Waals surface area contributed by atoms with Crippen molar-refractivity contribution in [1.29, 1.82) is 0 Å². The summed E-state index contributed by atoms with van der Waals surface area (Å²) in [5.74, 6) is 0.405. The molecular formula is C27H26N2O2. The van der Waals surface area contributed by atoms with Crippen molar-refractivity contribution in [3.8, 4) is 0 Å². The van der Waals surface area contributed by atoms with Crippen molar-refractivity contribution in [3.63, 3.8) is 0 Å². The number of anilines is 2. The Kier molecular flexibility index (Phi) is 5.29. The van der Waals surface area contributed by atoms with Crippen LogP contribution in [0.3, 0.4) is 0 Å². The zero-order chi connectivity index (χ0) is 21.2. The van der Waals surface area contributed by atoms with Crippen LogP contribution in [-0.2, 0) is 4.79 Å². The third-order valence-corrected chi connectivity index (χ3v) is 6.55. The minimum absolute atomic E-state index is 0.0327. The lowest BCUT2D eigenvalue weighted by molar-refractivity contribution is -0.132. The van der Waals surface area contributed by atoms with Gasteiger partial charge in [-0.1, -0.05) is 66.7 Å². The molecule has 0 bridgehead atoms. The van der Waals surface area contributed by atoms with E-state index in [9.17, 15) is 9.59 Å². The number of hydrogen-bond donors (Lipinski definition) is 0. The lowest BCUT2D eigenvalue weighted by atomic mass is 9.88. The maximum atomic E-state index is 12.9. The van der Waals surface area contributed by atoms with Crippen LogP contribution < -0.4 is 4.90 Å². The molecule has 5 rings (SSSR count). The van der Waals surface area contributed by atoms with Gasteiger partial charge in [0.25, 0.3) is 0 Å². The highest BCUT2D eigenvalue weighted by molar-refractivity contribution is 5.97. The fourth-order valence-corrected chi connectivity index (χ4v) is 5.05. The lowest BCUT2D eigenvalue weighted by Crippen LogP contribution is -2.47. The molecule has 0 saturated carbocycles. The number of rotatable bonds is 5. The fourth-order valence-electron chi connectivity index (χ4n) is 5.05. The molecule has 0 spiro atoms. The van der Waals surface area contributed by atoms with Crippen molar-refractivity contribution in [2.45, 2.75) is 31.2 Å². The molecule has 1 fully saturated rings. The second kappa shape index (κ2) is 8.38. The molecule has 31 heavy (non-hydrogen) atoms. The molecule has 1 amide bonds. The number of amides is 1. The summed E-state index contributed by atoms with van der Waals surface area (Å²) in [5, 5.41) is 0. The molecule has 0 aliphatic carbocycles. The Balaban J connectivity index is 1.30. The summed E-state index contributed by atoms with van der Waals surface area (Å²) in [4.78, 5) is 29.8. The molecule has 2 heterocycles. The van der Waals surface area contributed by atoms with Crippen molar-refractivity contribution in [2.75, 3.05) is 18.0 Å². The van der Waals surface area contributed by atoms with E-state index in [-0.39, 0.29) is 24.5 Å². The second-order valence-electron chi connectivity index (χ2n) is 8.36. The molecule has 2 aliphatic rings. The minimum Gasteiger partial charge on any atom is -0.342 e. The van der Waals surface area contributed by atoms with E-state index in [2.05, 4.69) is 53.4 Å². The SMILES string of the molecule is O=C(CCC(=O)N1CC[C@@H]2[C@@H](C1)c1ccccc1N2c1ccccc1)c1ccccc1. The van der Waals surface area contributed by atoms with Crippen LogP contribution in [0.5, 0.6) is 0 Å². The third kappa shape index (κ3) is 3.74. The molecule has 0 aromatic heterocycles. The molecule has 3 aromatic carbocycles. The standard InChI is InChI=1S/C27H26N2O2/c30-26(20-9-3-1-4-10-20)15-16-27(31)28-18-17-25-23(19-28)22-13-7-8-14-24(22)29(25)21-11-5-2-6-12-21/h1-14,23,25H,15-19H2/t23-,25+/m0/s1. The number of benzene rings is 3. The van der Waals surface area contributed by atoms with E-state index >= 15 is 0 Å². The Labute approximate surface area is 183 Å². The number of para-hydroxylation sites is 2. The minimum atomic E-state index is 0.0327. The van der Waals surface area contributed by atoms with E-state index in [1.165, 1.54) is 16.9 Å². The third-order valence-electron chi connectivity index (χ3n) is 6.55. The van der Waals surface area contributed by atoms with Crippen LogP contribution in [0.1, 0.15) is 41.1 Å². The summed E-state index contributed by atoms with van der Waals surface area (Å²) in [6, 6.07) is 28.7. The molecule has 2 aliphatic heterocycles. The van der Waals surface area contributed by atoms with Crippen molar-refractivity contribution in [1.82, 2.24) is 4.90 Å². The van der Waals surface area contributed by atoms with Gasteiger partial charge in [-0.25, -0.2) is 0 Å². The number of ketones is 1. The number of carbonyl (C=O) groups is 2. The Morgan fingerprint density at radius 1 is 0.806 bits per heavy atom. The Morgan fingerprint density at radius 2 is 1.48 bits per heavy atom. The highest BCUT2D eigenvalue weighted by Gasteiger charge is 2.43. The summed E-state index contributed by atoms with van der Waals surface area (Å²) in [5.41, 5.74) is 4.44. The summed E-state index contributed by atoms with van der Waals surface area (Å²) >= 11 is 0. The van der Waals surface area contributed by atoms with E-state index in [1.807, 2.05) is 41.3 Å². The predicted molar refractivity (Wildman–Crippen MR) is 123 cm³/mol. The first-order valence-corrected chi connectivity index (χ1v) is 11.0. The second-order valence-corrected chi connectivity index (χ2v) is 8.36. The highest BCUT2D eigenvalue weighted by Crippen LogP contribution is 2.48. The van der Waals surface area contributed by atoms with E-state index in [1.54, 1.807) is 0 Å². The normalized spacial score (nSPS) is 19.6. The van der Waals surface area contributed by atoms with Crippen molar-refractivity contribution in [2.24, 2.45) is 0 Å². The van der Waals surface area contributed by atoms with Crippen LogP contribution >= 0.6 is 0 Å². The molecule has 3 aromatic rings. The van der Waals surface area contributed by atoms with E-state index < -0.39 is 0 Å². The van der Waals surface area contributed by atoms with Gasteiger partial charge in [-0.3, -0.25) is 9.59 Å². The van der Waals surface area contributed by atoms with Crippen LogP contribution in [0.25, 0.3) is 0 Å². The van der Waals surface area contributed by atoms with Gasteiger partial charge in [-0.2, -0.15) is 0 Å². The number of carbonyl (C=O) groups excluding carboxylic acids is 2. The highest BCUT2D eigenvalue weighted by atomic mass is 16.2. The van der Waals surface area contributed by atoms with Gasteiger partial charge >= 0.3 is 0 Å². The van der Waals surface area contributed by atoms with Crippen molar-refractivity contribution < 1.29 is 9.59 Å². The molecule has 0 N–H and O–H groups in total. The lowest BCUT2D eigenvalue weighted by Gasteiger charge is -2.39. The van der Waals surface area contributed by atoms with Gasteiger partial charge in [0.15, 0.2) is 5.78 Å². The maximum absolute atomic E-state index is 12.9. The maximum Gasteiger partial charge on any atom is 0.223 e. The topological polar surface area (TPSA) is 40.6 Å². The molecule has 1 saturated heterocycles. The zero-order valence-electron chi connectivity index (χ0n) is 17.5. The van der Waals surface area contributed by atoms with Crippen LogP contribution in [-0.4, -0.2) is 35.7 Å². The summed E-state index contributed by atoms with van der Waals surface area (Å²) in [6.07, 6.45) is 1.46. The van der Waals surface area contributed by atoms with Crippen LogP contribution in [0, 0.1) is 0 Å². The van der Waals surface area contributed by atoms with Crippen LogP contribution in [0.2, 0.25) is 0 Å². The predicted octanol–water partition coefficient (Wildman–Crippen LogP) is 5.19. The monoisotopic (exact) mass is 410 g/mol. The Hall–Kier alpha value is -3.40. The molecule has 4 nitrogen and oxygen atoms in total. The first-order valence-electron chi connectivity index (χ1n) is 11.0. The van der Waals surface area contributed by atoms with Crippen LogP contribution in [0.4, 0.5) is 11.4 Å². The summed E-state index contributed by atoms with van der Waals surface area (Å²) in [7, 11) is 0. The van der Waals surface area contributed by atoms with Gasteiger partial charge in [0.05, 0.1) is 0 Å². The zero-order valence-corrected chi connectivity index (χ0v) is 17.5. The number of piperidine rings is 1. The van der Waals surface area contributed by atoms with E-state index in [0.717, 1.165) is 13.0 Å². The smallest absolute Gasteiger partial charge is 0.223 e. The van der Waals surface area contributed by atoms with Crippen LogP contribution in [0.15, 0.2) is 84.9 Å². The fraction of sp³-hybridized carbons (Fsp3) is 0.259. The largest absolute Gasteiger partial charge is 0.342 e. The van der Waals surface area contributed by atoms with Gasteiger partial charge in [-0.15, -0.1) is 0 Å². The van der Waals surface area contributed by atoms with Gasteiger partial charge in [0.2, 0.25) is 5.91 Å². The van der Waals surface area contributed by atoms with E-state index in [0.29, 0.717) is 24.1 Å². The first kappa shape index (κ1) is 19.6. The molecule has 2 atom stereocenters. The van der Waals surface area contributed by atoms with Gasteiger partial charge in [0.1, 0.15) is 0 Å². The van der Waals surface area contributed by atoms with Gasteiger partial charge in [0, 0.05) is 54.8 Å². The first-order chi connectivity index (χ1) is 15.2. The van der Waals surface area contributed by atoms with E-state index in [4.69, 9.17) is 0 Å². The number of nitrogens with zero attached hydrogens (tertiary/aromatic N) is 2. The van der Waals surface area contributed by atoms with Gasteiger partial charge in [-0.05, 0) is 30.2 Å². The Bertz CT molecular complexity index is 1080. The molecule has 0 unspecified atom stereocenters. The van der Waals surface area contributed by atoms with Crippen molar-refractivity contribution in [3.05, 3.63) is 96.1 Å². The van der Waals surface area contributed by atoms with Crippen molar-refractivity contribution >= 4 is 23.1 Å². The quantitative estimate of drug-likeness (QED) is 0.544. The average molecular weight is 411 g/mol. The number of hydrogen-bond acceptors (Lipinski definition) is 3. The summed E-state index contributed by atoms with van der Waals surface area (Å²) < 4.78 is 0. The number of Topliss-reactive ketones (excluding diaryl/α,β-unsaturated/α-hetero) is 1. The molecule has 4 heteroatoms.